The topological polar surface area (TPSA) is 80.1 Å². The molecule has 1 saturated carbocycles. The first kappa shape index (κ1) is 17.2. The van der Waals surface area contributed by atoms with Crippen LogP contribution in [0.3, 0.4) is 0 Å². The first-order valence-electron chi connectivity index (χ1n) is 9.75. The lowest BCUT2D eigenvalue weighted by Crippen LogP contribution is -2.44. The maximum Gasteiger partial charge on any atom is 0.226 e. The molecule has 1 aromatic heterocycles. The molecule has 2 heterocycles. The van der Waals surface area contributed by atoms with E-state index in [4.69, 9.17) is 0 Å². The number of nitrogens with zero attached hydrogens (tertiary/aromatic N) is 4. The molecular weight excluding hydrogens is 330 g/mol. The Balaban J connectivity index is 1.15. The maximum absolute atomic E-state index is 12.8. The summed E-state index contributed by atoms with van der Waals surface area (Å²) in [5, 5.41) is 10.5. The molecule has 3 aliphatic rings. The van der Waals surface area contributed by atoms with Gasteiger partial charge in [0.25, 0.3) is 0 Å². The number of rotatable bonds is 6. The minimum atomic E-state index is 0.0611. The van der Waals surface area contributed by atoms with E-state index in [0.717, 1.165) is 32.4 Å². The summed E-state index contributed by atoms with van der Waals surface area (Å²) in [7, 11) is 0. The number of fused-ring (bicyclic) bond motifs is 2. The summed E-state index contributed by atoms with van der Waals surface area (Å²) in [6.45, 7) is 2.97. The van der Waals surface area contributed by atoms with Gasteiger partial charge in [0.15, 0.2) is 0 Å². The van der Waals surface area contributed by atoms with E-state index in [-0.39, 0.29) is 11.8 Å². The highest BCUT2D eigenvalue weighted by molar-refractivity contribution is 5.80. The second-order valence-electron chi connectivity index (χ2n) is 7.91. The molecule has 0 aromatic carbocycles. The number of carbonyl (C=O) groups is 2. The molecule has 7 heteroatoms. The Morgan fingerprint density at radius 2 is 1.85 bits per heavy atom. The van der Waals surface area contributed by atoms with Crippen LogP contribution in [0.1, 0.15) is 32.1 Å². The average molecular weight is 357 g/mol. The predicted molar refractivity (Wildman–Crippen MR) is 95.8 cm³/mol. The van der Waals surface area contributed by atoms with E-state index in [0.29, 0.717) is 43.2 Å². The van der Waals surface area contributed by atoms with Gasteiger partial charge in [-0.1, -0.05) is 12.2 Å². The number of piperidine rings is 1. The highest BCUT2D eigenvalue weighted by Gasteiger charge is 2.41. The number of aromatic nitrogens is 3. The summed E-state index contributed by atoms with van der Waals surface area (Å²) in [6, 6.07) is 0. The molecule has 140 valence electrons. The van der Waals surface area contributed by atoms with Gasteiger partial charge in [0, 0.05) is 38.5 Å². The maximum atomic E-state index is 12.8. The molecule has 7 nitrogen and oxygen atoms in total. The van der Waals surface area contributed by atoms with Gasteiger partial charge in [0.1, 0.15) is 12.7 Å². The fraction of sp³-hybridized carbons (Fsp3) is 0.684. The van der Waals surface area contributed by atoms with Crippen LogP contribution < -0.4 is 5.32 Å². The zero-order valence-corrected chi connectivity index (χ0v) is 15.1. The predicted octanol–water partition coefficient (Wildman–Crippen LogP) is 1.24. The molecule has 1 aromatic rings. The summed E-state index contributed by atoms with van der Waals surface area (Å²) < 4.78 is 1.80. The molecule has 3 atom stereocenters. The molecule has 0 radical (unpaired) electrons. The van der Waals surface area contributed by atoms with Crippen LogP contribution in [0.5, 0.6) is 0 Å². The van der Waals surface area contributed by atoms with E-state index < -0.39 is 0 Å². The van der Waals surface area contributed by atoms with Gasteiger partial charge in [-0.05, 0) is 43.4 Å². The SMILES string of the molecule is O=C(CCn1cnnc1)NCC1CCN(C(=O)[C@@H]2C[C@@H]3C=C[C@H]2C3)CC1. The molecule has 0 unspecified atom stereocenters. The van der Waals surface area contributed by atoms with Crippen molar-refractivity contribution in [2.24, 2.45) is 23.7 Å². The quantitative estimate of drug-likeness (QED) is 0.777. The Morgan fingerprint density at radius 3 is 2.50 bits per heavy atom. The molecule has 2 aliphatic carbocycles. The van der Waals surface area contributed by atoms with E-state index in [9.17, 15) is 9.59 Å². The third kappa shape index (κ3) is 3.81. The zero-order valence-electron chi connectivity index (χ0n) is 15.1. The number of amides is 2. The van der Waals surface area contributed by atoms with E-state index in [1.807, 2.05) is 0 Å². The molecule has 26 heavy (non-hydrogen) atoms. The minimum absolute atomic E-state index is 0.0611. The van der Waals surface area contributed by atoms with Crippen molar-refractivity contribution >= 4 is 11.8 Å². The Bertz CT molecular complexity index is 663. The molecule has 1 aliphatic heterocycles. The number of hydrogen-bond acceptors (Lipinski definition) is 4. The van der Waals surface area contributed by atoms with E-state index >= 15 is 0 Å². The monoisotopic (exact) mass is 357 g/mol. The smallest absolute Gasteiger partial charge is 0.226 e. The summed E-state index contributed by atoms with van der Waals surface area (Å²) in [4.78, 5) is 26.8. The molecule has 0 spiro atoms. The van der Waals surface area contributed by atoms with Crippen molar-refractivity contribution < 1.29 is 9.59 Å². The standard InChI is InChI=1S/C19H27N5O2/c25-18(5-6-23-12-21-22-13-23)20-11-14-3-7-24(8-4-14)19(26)17-10-15-1-2-16(17)9-15/h1-2,12-17H,3-11H2,(H,20,25)/t15-,16+,17-/m1/s1. The largest absolute Gasteiger partial charge is 0.356 e. The van der Waals surface area contributed by atoms with Gasteiger partial charge in [0.2, 0.25) is 11.8 Å². The Labute approximate surface area is 153 Å². The van der Waals surface area contributed by atoms with Crippen molar-refractivity contribution in [1.29, 1.82) is 0 Å². The van der Waals surface area contributed by atoms with E-state index in [2.05, 4.69) is 32.6 Å². The van der Waals surface area contributed by atoms with Crippen LogP contribution in [-0.4, -0.2) is 51.1 Å². The zero-order chi connectivity index (χ0) is 17.9. The fourth-order valence-electron chi connectivity index (χ4n) is 4.57. The first-order valence-corrected chi connectivity index (χ1v) is 9.75. The Hall–Kier alpha value is -2.18. The second kappa shape index (κ2) is 7.60. The minimum Gasteiger partial charge on any atom is -0.356 e. The number of allylic oxidation sites excluding steroid dienone is 2. The summed E-state index contributed by atoms with van der Waals surface area (Å²) in [6.07, 6.45) is 12.4. The van der Waals surface area contributed by atoms with Gasteiger partial charge in [0.05, 0.1) is 0 Å². The highest BCUT2D eigenvalue weighted by atomic mass is 16.2. The van der Waals surface area contributed by atoms with E-state index in [1.165, 1.54) is 6.42 Å². The van der Waals surface area contributed by atoms with Crippen molar-refractivity contribution in [2.75, 3.05) is 19.6 Å². The van der Waals surface area contributed by atoms with E-state index in [1.54, 1.807) is 17.2 Å². The summed E-state index contributed by atoms with van der Waals surface area (Å²) in [5.41, 5.74) is 0. The molecule has 4 rings (SSSR count). The van der Waals surface area contributed by atoms with Crippen molar-refractivity contribution in [1.82, 2.24) is 25.0 Å². The van der Waals surface area contributed by atoms with Crippen LogP contribution in [0.4, 0.5) is 0 Å². The molecular formula is C19H27N5O2. The van der Waals surface area contributed by atoms with Gasteiger partial charge >= 0.3 is 0 Å². The van der Waals surface area contributed by atoms with Crippen molar-refractivity contribution in [3.63, 3.8) is 0 Å². The molecule has 1 saturated heterocycles. The van der Waals surface area contributed by atoms with Crippen molar-refractivity contribution in [2.45, 2.75) is 38.6 Å². The lowest BCUT2D eigenvalue weighted by molar-refractivity contribution is -0.138. The van der Waals surface area contributed by atoms with Crippen molar-refractivity contribution in [3.8, 4) is 0 Å². The third-order valence-electron chi connectivity index (χ3n) is 6.17. The molecule has 2 bridgehead atoms. The van der Waals surface area contributed by atoms with Crippen LogP contribution in [0.2, 0.25) is 0 Å². The van der Waals surface area contributed by atoms with Crippen LogP contribution in [0.15, 0.2) is 24.8 Å². The number of hydrogen-bond donors (Lipinski definition) is 1. The number of carbonyl (C=O) groups excluding carboxylic acids is 2. The summed E-state index contributed by atoms with van der Waals surface area (Å²) >= 11 is 0. The number of aryl methyl sites for hydroxylation is 1. The molecule has 1 N–H and O–H groups in total. The normalized spacial score (nSPS) is 27.8. The molecule has 2 fully saturated rings. The van der Waals surface area contributed by atoms with Gasteiger partial charge < -0.3 is 14.8 Å². The van der Waals surface area contributed by atoms with Gasteiger partial charge in [-0.3, -0.25) is 9.59 Å². The van der Waals surface area contributed by atoms with Gasteiger partial charge in [-0.15, -0.1) is 10.2 Å². The van der Waals surface area contributed by atoms with Crippen molar-refractivity contribution in [3.05, 3.63) is 24.8 Å². The van der Waals surface area contributed by atoms with Crippen LogP contribution in [0.25, 0.3) is 0 Å². The molecule has 2 amide bonds. The second-order valence-corrected chi connectivity index (χ2v) is 7.91. The number of nitrogens with one attached hydrogen (secondary N) is 1. The van der Waals surface area contributed by atoms with Gasteiger partial charge in [-0.25, -0.2) is 0 Å². The van der Waals surface area contributed by atoms with Crippen LogP contribution in [-0.2, 0) is 16.1 Å². The average Bonchev–Trinajstić information content (AvgIpc) is 3.42. The van der Waals surface area contributed by atoms with Gasteiger partial charge in [-0.2, -0.15) is 0 Å². The Morgan fingerprint density at radius 1 is 1.08 bits per heavy atom. The number of likely N-dealkylation sites (tertiary alicyclic amines) is 1. The van der Waals surface area contributed by atoms with Crippen LogP contribution >= 0.6 is 0 Å². The highest BCUT2D eigenvalue weighted by Crippen LogP contribution is 2.44. The lowest BCUT2D eigenvalue weighted by atomic mass is 9.90. The summed E-state index contributed by atoms with van der Waals surface area (Å²) in [5.74, 6) is 2.23. The first-order chi connectivity index (χ1) is 12.7. The van der Waals surface area contributed by atoms with Crippen LogP contribution in [0, 0.1) is 23.7 Å². The Kier molecular flexibility index (Phi) is 5.04. The lowest BCUT2D eigenvalue weighted by Gasteiger charge is -2.34. The third-order valence-corrected chi connectivity index (χ3v) is 6.17. The fourth-order valence-corrected chi connectivity index (χ4v) is 4.57.